The first-order chi connectivity index (χ1) is 12.3. The number of nitrogens with one attached hydrogen (secondary N) is 3. The molecule has 0 radical (unpaired) electrons. The third-order valence-corrected chi connectivity index (χ3v) is 5.75. The zero-order valence-corrected chi connectivity index (χ0v) is 15.3. The number of benzene rings is 1. The number of rotatable bonds is 4. The van der Waals surface area contributed by atoms with E-state index < -0.39 is 0 Å². The molecule has 25 heavy (non-hydrogen) atoms. The topological polar surface area (TPSA) is 61.9 Å². The fourth-order valence-electron chi connectivity index (χ4n) is 3.10. The molecule has 1 fully saturated rings. The lowest BCUT2D eigenvalue weighted by Crippen LogP contribution is -2.43. The quantitative estimate of drug-likeness (QED) is 0.476. The molecule has 0 spiro atoms. The van der Waals surface area contributed by atoms with Gasteiger partial charge >= 0.3 is 0 Å². The second kappa shape index (κ2) is 7.33. The van der Waals surface area contributed by atoms with Crippen molar-refractivity contribution < 1.29 is 0 Å². The van der Waals surface area contributed by atoms with Crippen LogP contribution in [0, 0.1) is 0 Å². The lowest BCUT2D eigenvalue weighted by atomic mass is 10.2. The van der Waals surface area contributed by atoms with Crippen LogP contribution in [-0.2, 0) is 0 Å². The van der Waals surface area contributed by atoms with E-state index in [1.165, 1.54) is 36.1 Å². The van der Waals surface area contributed by atoms with E-state index in [0.29, 0.717) is 11.2 Å². The number of aromatic nitrogens is 2. The summed E-state index contributed by atoms with van der Waals surface area (Å²) in [5.74, 6) is 0.743. The van der Waals surface area contributed by atoms with Gasteiger partial charge in [0.2, 0.25) is 0 Å². The molecule has 0 amide bonds. The molecule has 0 bridgehead atoms. The maximum atomic E-state index is 5.37. The number of fused-ring (bicyclic) bond motifs is 1. The Morgan fingerprint density at radius 2 is 1.92 bits per heavy atom. The van der Waals surface area contributed by atoms with Crippen LogP contribution in [0.3, 0.4) is 0 Å². The Labute approximate surface area is 155 Å². The van der Waals surface area contributed by atoms with Gasteiger partial charge in [0.1, 0.15) is 6.33 Å². The van der Waals surface area contributed by atoms with Gasteiger partial charge in [-0.3, -0.25) is 10.9 Å². The van der Waals surface area contributed by atoms with Gasteiger partial charge in [-0.2, -0.15) is 0 Å². The Kier molecular flexibility index (Phi) is 4.76. The molecule has 0 saturated heterocycles. The summed E-state index contributed by atoms with van der Waals surface area (Å²) in [6.07, 6.45) is 6.49. The summed E-state index contributed by atoms with van der Waals surface area (Å²) in [5.41, 5.74) is 8.30. The van der Waals surface area contributed by atoms with Crippen LogP contribution in [0.1, 0.15) is 25.7 Å². The summed E-state index contributed by atoms with van der Waals surface area (Å²) in [7, 11) is 0. The predicted molar refractivity (Wildman–Crippen MR) is 108 cm³/mol. The van der Waals surface area contributed by atoms with Gasteiger partial charge < -0.3 is 5.32 Å². The van der Waals surface area contributed by atoms with Crippen LogP contribution in [0.25, 0.3) is 20.7 Å². The molecule has 0 unspecified atom stereocenters. The van der Waals surface area contributed by atoms with Crippen LogP contribution in [0.4, 0.5) is 5.82 Å². The molecule has 1 aromatic carbocycles. The second-order valence-electron chi connectivity index (χ2n) is 6.12. The van der Waals surface area contributed by atoms with E-state index in [1.54, 1.807) is 17.7 Å². The summed E-state index contributed by atoms with van der Waals surface area (Å²) in [5, 5.41) is 3.96. The van der Waals surface area contributed by atoms with Gasteiger partial charge in [0.25, 0.3) is 0 Å². The number of hydrogen-bond acceptors (Lipinski definition) is 5. The molecule has 128 valence electrons. The van der Waals surface area contributed by atoms with E-state index in [4.69, 9.17) is 12.2 Å². The van der Waals surface area contributed by atoms with Gasteiger partial charge in [-0.05, 0) is 36.7 Å². The average Bonchev–Trinajstić information content (AvgIpc) is 3.30. The van der Waals surface area contributed by atoms with Gasteiger partial charge in [-0.15, -0.1) is 11.3 Å². The van der Waals surface area contributed by atoms with Crippen LogP contribution in [-0.4, -0.2) is 21.1 Å². The molecule has 2 aromatic heterocycles. The van der Waals surface area contributed by atoms with Crippen LogP contribution in [0.5, 0.6) is 0 Å². The third kappa shape index (κ3) is 3.72. The van der Waals surface area contributed by atoms with E-state index in [1.807, 2.05) is 18.2 Å². The minimum Gasteiger partial charge on any atom is -0.359 e. The Bertz CT molecular complexity index is 872. The molecular weight excluding hydrogens is 350 g/mol. The van der Waals surface area contributed by atoms with Crippen LogP contribution in [0.15, 0.2) is 42.7 Å². The molecule has 3 N–H and O–H groups in total. The molecule has 0 aliphatic heterocycles. The Morgan fingerprint density at radius 1 is 1.12 bits per heavy atom. The summed E-state index contributed by atoms with van der Waals surface area (Å²) in [6.45, 7) is 0. The number of thiophene rings is 1. The van der Waals surface area contributed by atoms with E-state index in [9.17, 15) is 0 Å². The van der Waals surface area contributed by atoms with Crippen molar-refractivity contribution in [2.24, 2.45) is 0 Å². The minimum atomic E-state index is 0.485. The third-order valence-electron chi connectivity index (χ3n) is 4.35. The smallest absolute Gasteiger partial charge is 0.185 e. The first-order valence-corrected chi connectivity index (χ1v) is 9.64. The Balaban J connectivity index is 1.49. The van der Waals surface area contributed by atoms with Gasteiger partial charge in [-0.1, -0.05) is 43.2 Å². The van der Waals surface area contributed by atoms with Crippen molar-refractivity contribution in [1.29, 1.82) is 0 Å². The van der Waals surface area contributed by atoms with Crippen LogP contribution in [0.2, 0.25) is 0 Å². The summed E-state index contributed by atoms with van der Waals surface area (Å²) < 4.78 is 1.01. The summed E-state index contributed by atoms with van der Waals surface area (Å²) >= 11 is 7.04. The van der Waals surface area contributed by atoms with Crippen molar-refractivity contribution in [1.82, 2.24) is 20.7 Å². The highest BCUT2D eigenvalue weighted by Gasteiger charge is 2.16. The lowest BCUT2D eigenvalue weighted by molar-refractivity contribution is 0.626. The van der Waals surface area contributed by atoms with Crippen molar-refractivity contribution >= 4 is 44.7 Å². The Hall–Kier alpha value is -2.25. The minimum absolute atomic E-state index is 0.485. The normalized spacial score (nSPS) is 14.6. The molecule has 1 aliphatic carbocycles. The molecule has 1 saturated carbocycles. The average molecular weight is 370 g/mol. The first kappa shape index (κ1) is 16.2. The number of thiocarbonyl (C=S) groups is 1. The van der Waals surface area contributed by atoms with Crippen molar-refractivity contribution in [3.8, 4) is 10.4 Å². The van der Waals surface area contributed by atoms with E-state index in [2.05, 4.69) is 44.3 Å². The maximum absolute atomic E-state index is 5.37. The van der Waals surface area contributed by atoms with Gasteiger partial charge in [0.05, 0.1) is 10.2 Å². The van der Waals surface area contributed by atoms with Crippen molar-refractivity contribution in [2.45, 2.75) is 31.7 Å². The zero-order valence-electron chi connectivity index (χ0n) is 13.7. The maximum Gasteiger partial charge on any atom is 0.185 e. The molecular formula is C18H19N5S2. The molecule has 7 heteroatoms. The number of anilines is 1. The molecule has 5 nitrogen and oxygen atoms in total. The van der Waals surface area contributed by atoms with E-state index in [-0.39, 0.29) is 0 Å². The summed E-state index contributed by atoms with van der Waals surface area (Å²) in [6, 6.07) is 12.9. The highest BCUT2D eigenvalue weighted by Crippen LogP contribution is 2.35. The van der Waals surface area contributed by atoms with Crippen molar-refractivity contribution in [2.75, 3.05) is 5.43 Å². The molecule has 4 rings (SSSR count). The Morgan fingerprint density at radius 3 is 2.72 bits per heavy atom. The highest BCUT2D eigenvalue weighted by molar-refractivity contribution is 7.80. The van der Waals surface area contributed by atoms with Gasteiger partial charge in [0, 0.05) is 10.9 Å². The van der Waals surface area contributed by atoms with Gasteiger partial charge in [0.15, 0.2) is 10.9 Å². The second-order valence-corrected chi connectivity index (χ2v) is 7.58. The monoisotopic (exact) mass is 369 g/mol. The van der Waals surface area contributed by atoms with Gasteiger partial charge in [-0.25, -0.2) is 9.97 Å². The molecule has 3 aromatic rings. The highest BCUT2D eigenvalue weighted by atomic mass is 32.1. The zero-order chi connectivity index (χ0) is 17.1. The molecule has 0 atom stereocenters. The fourth-order valence-corrected chi connectivity index (χ4v) is 4.37. The number of hydrogen-bond donors (Lipinski definition) is 3. The van der Waals surface area contributed by atoms with E-state index >= 15 is 0 Å². The van der Waals surface area contributed by atoms with Crippen molar-refractivity contribution in [3.05, 3.63) is 42.7 Å². The van der Waals surface area contributed by atoms with Crippen molar-refractivity contribution in [3.63, 3.8) is 0 Å². The lowest BCUT2D eigenvalue weighted by Gasteiger charge is -2.16. The standard InChI is InChI=1S/C18H19N5S2/c24-18(21-13-8-4-5-9-13)23-22-17-16-14(19-11-20-17)10-15(25-16)12-6-2-1-3-7-12/h1-3,6-7,10-11,13H,4-5,8-9H2,(H,19,20,22)(H2,21,23,24). The molecule has 1 aliphatic rings. The summed E-state index contributed by atoms with van der Waals surface area (Å²) in [4.78, 5) is 9.91. The number of nitrogens with zero attached hydrogens (tertiary/aromatic N) is 2. The molecule has 2 heterocycles. The first-order valence-electron chi connectivity index (χ1n) is 8.42. The van der Waals surface area contributed by atoms with Crippen LogP contribution < -0.4 is 16.2 Å². The predicted octanol–water partition coefficient (Wildman–Crippen LogP) is 4.09. The largest absolute Gasteiger partial charge is 0.359 e. The number of hydrazine groups is 1. The SMILES string of the molecule is S=C(NNc1ncnc2cc(-c3ccccc3)sc12)NC1CCCC1. The van der Waals surface area contributed by atoms with Crippen LogP contribution >= 0.6 is 23.6 Å². The van der Waals surface area contributed by atoms with E-state index in [0.717, 1.165) is 16.0 Å². The fraction of sp³-hybridized carbons (Fsp3) is 0.278.